The van der Waals surface area contributed by atoms with Gasteiger partial charge in [-0.3, -0.25) is 19.3 Å². The van der Waals surface area contributed by atoms with Gasteiger partial charge in [0.15, 0.2) is 17.6 Å². The van der Waals surface area contributed by atoms with Gasteiger partial charge in [0.2, 0.25) is 0 Å². The molecule has 34 heavy (non-hydrogen) atoms. The van der Waals surface area contributed by atoms with Crippen molar-refractivity contribution in [1.29, 1.82) is 0 Å². The average Bonchev–Trinajstić information content (AvgIpc) is 2.95. The third-order valence-electron chi connectivity index (χ3n) is 6.40. The second-order valence-corrected chi connectivity index (χ2v) is 10.2. The van der Waals surface area contributed by atoms with Gasteiger partial charge in [-0.05, 0) is 49.7 Å². The number of hydrogen-bond acceptors (Lipinski definition) is 7. The Morgan fingerprint density at radius 2 is 1.91 bits per heavy atom. The van der Waals surface area contributed by atoms with Crippen LogP contribution in [-0.2, 0) is 19.1 Å². The number of urea groups is 1. The summed E-state index contributed by atoms with van der Waals surface area (Å²) in [5.41, 5.74) is -0.653. The van der Waals surface area contributed by atoms with E-state index in [0.717, 1.165) is 11.3 Å². The number of nitrogens with one attached hydrogen (secondary N) is 2. The van der Waals surface area contributed by atoms with Gasteiger partial charge in [0.05, 0.1) is 0 Å². The normalized spacial score (nSPS) is 26.1. The average molecular weight is 474 g/mol. The van der Waals surface area contributed by atoms with Crippen molar-refractivity contribution in [2.75, 3.05) is 25.1 Å². The molecule has 0 radical (unpaired) electrons. The number of hydrogen-bond donors (Lipinski definition) is 2. The number of nitrogens with zero attached hydrogens (tertiary/aromatic N) is 1. The number of esters is 1. The summed E-state index contributed by atoms with van der Waals surface area (Å²) < 4.78 is 16.2. The first-order chi connectivity index (χ1) is 16.0. The van der Waals surface area contributed by atoms with Crippen molar-refractivity contribution in [3.8, 4) is 11.5 Å². The maximum absolute atomic E-state index is 13.2. The van der Waals surface area contributed by atoms with Crippen molar-refractivity contribution < 1.29 is 33.4 Å². The molecule has 3 aliphatic rings. The Bertz CT molecular complexity index is 1020. The van der Waals surface area contributed by atoms with Crippen LogP contribution in [0.3, 0.4) is 0 Å². The van der Waals surface area contributed by atoms with Gasteiger partial charge in [0.25, 0.3) is 11.8 Å². The van der Waals surface area contributed by atoms with Crippen molar-refractivity contribution in [3.63, 3.8) is 0 Å². The molecular weight excluding hydrogens is 442 g/mol. The van der Waals surface area contributed by atoms with Gasteiger partial charge in [0, 0.05) is 11.8 Å². The fourth-order valence-corrected chi connectivity index (χ4v) is 5.43. The van der Waals surface area contributed by atoms with Crippen LogP contribution in [0.2, 0.25) is 0 Å². The lowest BCUT2D eigenvalue weighted by Crippen LogP contribution is -2.54. The first-order valence-electron chi connectivity index (χ1n) is 11.5. The Balaban J connectivity index is 1.34. The first kappa shape index (κ1) is 23.8. The van der Waals surface area contributed by atoms with E-state index in [9.17, 15) is 19.2 Å². The van der Waals surface area contributed by atoms with Gasteiger partial charge in [-0.15, -0.1) is 0 Å². The van der Waals surface area contributed by atoms with E-state index in [0.29, 0.717) is 43.2 Å². The van der Waals surface area contributed by atoms with Crippen LogP contribution < -0.4 is 20.1 Å². The summed E-state index contributed by atoms with van der Waals surface area (Å²) >= 11 is 0. The Morgan fingerprint density at radius 3 is 2.62 bits per heavy atom. The van der Waals surface area contributed by atoms with E-state index in [2.05, 4.69) is 31.4 Å². The molecule has 2 aliphatic heterocycles. The molecule has 4 rings (SSSR count). The number of carbonyl (C=O) groups is 4. The molecule has 3 atom stereocenters. The molecule has 0 aromatic heterocycles. The highest BCUT2D eigenvalue weighted by atomic mass is 16.6. The maximum atomic E-state index is 13.2. The summed E-state index contributed by atoms with van der Waals surface area (Å²) in [4.78, 5) is 51.6. The van der Waals surface area contributed by atoms with E-state index >= 15 is 0 Å². The topological polar surface area (TPSA) is 123 Å². The molecule has 1 saturated carbocycles. The Kier molecular flexibility index (Phi) is 6.18. The first-order valence-corrected chi connectivity index (χ1v) is 11.5. The minimum atomic E-state index is -1.14. The van der Waals surface area contributed by atoms with Crippen LogP contribution in [0.15, 0.2) is 18.2 Å². The minimum Gasteiger partial charge on any atom is -0.486 e. The lowest BCUT2D eigenvalue weighted by atomic mass is 9.64. The standard InChI is InChI=1S/C24H31N3O7/c1-14-10-23(3,4)13-24(11-14)21(30)27(22(31)26-24)12-19(28)34-15(2)20(29)25-16-5-6-17-18(9-16)33-8-7-32-17/h5-6,9,14-15H,7-8,10-13H2,1-4H3,(H,25,29)(H,26,31). The van der Waals surface area contributed by atoms with Crippen molar-refractivity contribution >= 4 is 29.5 Å². The molecule has 10 heteroatoms. The van der Waals surface area contributed by atoms with E-state index in [-0.39, 0.29) is 11.3 Å². The fourth-order valence-electron chi connectivity index (χ4n) is 5.43. The largest absolute Gasteiger partial charge is 0.486 e. The van der Waals surface area contributed by atoms with Crippen LogP contribution in [0, 0.1) is 11.3 Å². The highest BCUT2D eigenvalue weighted by Crippen LogP contribution is 2.46. The van der Waals surface area contributed by atoms with E-state index in [1.54, 1.807) is 18.2 Å². The number of fused-ring (bicyclic) bond motifs is 1. The molecule has 2 fully saturated rings. The lowest BCUT2D eigenvalue weighted by molar-refractivity contribution is -0.155. The molecule has 3 unspecified atom stereocenters. The van der Waals surface area contributed by atoms with Crippen molar-refractivity contribution in [2.45, 2.75) is 58.6 Å². The Labute approximate surface area is 198 Å². The second kappa shape index (κ2) is 8.81. The van der Waals surface area contributed by atoms with E-state index < -0.39 is 42.0 Å². The summed E-state index contributed by atoms with van der Waals surface area (Å²) in [5, 5.41) is 5.48. The van der Waals surface area contributed by atoms with Gasteiger partial charge in [-0.2, -0.15) is 0 Å². The summed E-state index contributed by atoms with van der Waals surface area (Å²) in [6.45, 7) is 7.94. The molecule has 1 aliphatic carbocycles. The molecule has 184 valence electrons. The third-order valence-corrected chi connectivity index (χ3v) is 6.40. The van der Waals surface area contributed by atoms with Crippen molar-refractivity contribution in [1.82, 2.24) is 10.2 Å². The van der Waals surface area contributed by atoms with Crippen LogP contribution in [0.4, 0.5) is 10.5 Å². The smallest absolute Gasteiger partial charge is 0.327 e. The molecular formula is C24H31N3O7. The van der Waals surface area contributed by atoms with E-state index in [1.165, 1.54) is 6.92 Å². The number of imide groups is 1. The zero-order chi connectivity index (χ0) is 24.7. The van der Waals surface area contributed by atoms with Crippen molar-refractivity contribution in [3.05, 3.63) is 18.2 Å². The van der Waals surface area contributed by atoms with Crippen LogP contribution in [0.1, 0.15) is 47.0 Å². The number of ether oxygens (including phenoxy) is 3. The molecule has 2 heterocycles. The number of anilines is 1. The summed E-state index contributed by atoms with van der Waals surface area (Å²) in [6.07, 6.45) is 0.857. The monoisotopic (exact) mass is 473 g/mol. The maximum Gasteiger partial charge on any atom is 0.327 e. The van der Waals surface area contributed by atoms with Crippen LogP contribution >= 0.6 is 0 Å². The predicted octanol–water partition coefficient (Wildman–Crippen LogP) is 2.46. The molecule has 1 spiro atoms. The number of benzene rings is 1. The fraction of sp³-hybridized carbons (Fsp3) is 0.583. The summed E-state index contributed by atoms with van der Waals surface area (Å²) in [5.74, 6) is -0.450. The number of rotatable bonds is 5. The van der Waals surface area contributed by atoms with Crippen LogP contribution in [0.25, 0.3) is 0 Å². The molecule has 2 N–H and O–H groups in total. The Morgan fingerprint density at radius 1 is 1.21 bits per heavy atom. The molecule has 1 aromatic carbocycles. The quantitative estimate of drug-likeness (QED) is 0.497. The molecule has 0 bridgehead atoms. The van der Waals surface area contributed by atoms with Gasteiger partial charge in [-0.25, -0.2) is 4.79 Å². The summed E-state index contributed by atoms with van der Waals surface area (Å²) in [7, 11) is 0. The Hall–Kier alpha value is -3.30. The van der Waals surface area contributed by atoms with E-state index in [4.69, 9.17) is 14.2 Å². The third kappa shape index (κ3) is 4.80. The predicted molar refractivity (Wildman–Crippen MR) is 121 cm³/mol. The molecule has 1 saturated heterocycles. The SMILES string of the molecule is CC1CC(C)(C)CC2(C1)NC(=O)N(CC(=O)OC(C)C(=O)Nc1ccc3c(c1)OCCO3)C2=O. The van der Waals surface area contributed by atoms with Crippen LogP contribution in [0.5, 0.6) is 11.5 Å². The lowest BCUT2D eigenvalue weighted by Gasteiger charge is -2.43. The second-order valence-electron chi connectivity index (χ2n) is 10.2. The number of carbonyl (C=O) groups excluding carboxylic acids is 4. The van der Waals surface area contributed by atoms with Gasteiger partial charge >= 0.3 is 12.0 Å². The van der Waals surface area contributed by atoms with Crippen molar-refractivity contribution in [2.24, 2.45) is 11.3 Å². The zero-order valence-electron chi connectivity index (χ0n) is 19.9. The number of amides is 4. The molecule has 1 aromatic rings. The zero-order valence-corrected chi connectivity index (χ0v) is 19.9. The van der Waals surface area contributed by atoms with Gasteiger partial charge in [0.1, 0.15) is 25.3 Å². The minimum absolute atomic E-state index is 0.114. The van der Waals surface area contributed by atoms with E-state index in [1.807, 2.05) is 0 Å². The van der Waals surface area contributed by atoms with Gasteiger partial charge < -0.3 is 24.8 Å². The molecule has 4 amide bonds. The van der Waals surface area contributed by atoms with Crippen LogP contribution in [-0.4, -0.2) is 60.1 Å². The van der Waals surface area contributed by atoms with Gasteiger partial charge in [-0.1, -0.05) is 20.8 Å². The highest BCUT2D eigenvalue weighted by Gasteiger charge is 2.56. The highest BCUT2D eigenvalue weighted by molar-refractivity contribution is 6.09. The summed E-state index contributed by atoms with van der Waals surface area (Å²) in [6, 6.07) is 4.35. The molecule has 10 nitrogen and oxygen atoms in total.